The number of nitrogens with one attached hydrogen (secondary N) is 2. The van der Waals surface area contributed by atoms with E-state index in [1.807, 2.05) is 7.05 Å². The molecular formula is C18H35IN4O2. The van der Waals surface area contributed by atoms with E-state index in [-0.39, 0.29) is 24.0 Å². The van der Waals surface area contributed by atoms with Crippen molar-refractivity contribution < 1.29 is 9.47 Å². The predicted octanol–water partition coefficient (Wildman–Crippen LogP) is 1.84. The van der Waals surface area contributed by atoms with Gasteiger partial charge in [0.2, 0.25) is 0 Å². The zero-order valence-electron chi connectivity index (χ0n) is 15.5. The van der Waals surface area contributed by atoms with Crippen LogP contribution in [0.15, 0.2) is 4.99 Å². The van der Waals surface area contributed by atoms with Crippen molar-refractivity contribution in [3.05, 3.63) is 0 Å². The summed E-state index contributed by atoms with van der Waals surface area (Å²) in [6, 6.07) is 0.860. The predicted molar refractivity (Wildman–Crippen MR) is 112 cm³/mol. The Hall–Kier alpha value is -0.120. The van der Waals surface area contributed by atoms with Gasteiger partial charge in [0.05, 0.1) is 12.7 Å². The maximum atomic E-state index is 5.78. The molecule has 0 spiro atoms. The van der Waals surface area contributed by atoms with Crippen LogP contribution in [0.5, 0.6) is 0 Å². The van der Waals surface area contributed by atoms with Gasteiger partial charge in [-0.2, -0.15) is 0 Å². The smallest absolute Gasteiger partial charge is 0.191 e. The average molecular weight is 466 g/mol. The quantitative estimate of drug-likeness (QED) is 0.211. The Kier molecular flexibility index (Phi) is 9.80. The first-order valence-corrected chi connectivity index (χ1v) is 9.73. The first-order chi connectivity index (χ1) is 11.8. The van der Waals surface area contributed by atoms with Crippen LogP contribution in [0.4, 0.5) is 0 Å². The lowest BCUT2D eigenvalue weighted by atomic mass is 10.3. The van der Waals surface area contributed by atoms with Crippen LogP contribution in [-0.4, -0.2) is 76.1 Å². The van der Waals surface area contributed by atoms with Crippen LogP contribution >= 0.6 is 24.0 Å². The molecule has 2 aliphatic carbocycles. The van der Waals surface area contributed by atoms with Crippen LogP contribution < -0.4 is 10.6 Å². The molecule has 2 N–H and O–H groups in total. The zero-order chi connectivity index (χ0) is 16.6. The topological polar surface area (TPSA) is 58.1 Å². The average Bonchev–Trinajstić information content (AvgIpc) is 3.52. The van der Waals surface area contributed by atoms with Gasteiger partial charge in [0.1, 0.15) is 0 Å². The minimum absolute atomic E-state index is 0. The minimum atomic E-state index is 0. The normalized spacial score (nSPS) is 23.6. The van der Waals surface area contributed by atoms with Crippen LogP contribution in [0, 0.1) is 5.92 Å². The van der Waals surface area contributed by atoms with Gasteiger partial charge >= 0.3 is 0 Å². The maximum absolute atomic E-state index is 5.78. The second-order valence-corrected chi connectivity index (χ2v) is 7.31. The Labute approximate surface area is 169 Å². The maximum Gasteiger partial charge on any atom is 0.191 e. The third-order valence-electron chi connectivity index (χ3n) is 5.02. The highest BCUT2D eigenvalue weighted by atomic mass is 127. The highest BCUT2D eigenvalue weighted by molar-refractivity contribution is 14.0. The lowest BCUT2D eigenvalue weighted by molar-refractivity contribution is 0.0420. The number of rotatable bonds is 11. The van der Waals surface area contributed by atoms with Gasteiger partial charge in [-0.25, -0.2) is 0 Å². The fourth-order valence-corrected chi connectivity index (χ4v) is 3.21. The summed E-state index contributed by atoms with van der Waals surface area (Å²) in [5.74, 6) is 1.88. The summed E-state index contributed by atoms with van der Waals surface area (Å²) < 4.78 is 11.1. The van der Waals surface area contributed by atoms with E-state index in [2.05, 4.69) is 20.5 Å². The molecule has 0 amide bonds. The van der Waals surface area contributed by atoms with Crippen molar-refractivity contribution in [1.29, 1.82) is 0 Å². The zero-order valence-corrected chi connectivity index (χ0v) is 17.9. The second-order valence-electron chi connectivity index (χ2n) is 7.31. The molecule has 146 valence electrons. The van der Waals surface area contributed by atoms with Crippen molar-refractivity contribution in [2.75, 3.05) is 53.0 Å². The molecule has 0 aromatic rings. The van der Waals surface area contributed by atoms with Gasteiger partial charge in [-0.05, 0) is 44.4 Å². The minimum Gasteiger partial charge on any atom is -0.379 e. The molecule has 3 fully saturated rings. The van der Waals surface area contributed by atoms with Gasteiger partial charge in [-0.15, -0.1) is 24.0 Å². The first kappa shape index (κ1) is 21.2. The summed E-state index contributed by atoms with van der Waals surface area (Å²) in [5, 5.41) is 6.82. The van der Waals surface area contributed by atoms with Crippen LogP contribution in [0.25, 0.3) is 0 Å². The summed E-state index contributed by atoms with van der Waals surface area (Å²) in [6.45, 7) is 6.69. The SMILES string of the molecule is CN=C(NCCCOC1CCOC1)NCCN(CC1CC1)C1CC1.I. The third-order valence-corrected chi connectivity index (χ3v) is 5.02. The summed E-state index contributed by atoms with van der Waals surface area (Å²) in [4.78, 5) is 6.98. The standard InChI is InChI=1S/C18H34N4O2.HI/c1-19-18(20-8-2-11-24-17-7-12-23-14-17)21-9-10-22(16-5-6-16)13-15-3-4-15;/h15-17H,2-14H2,1H3,(H2,19,20,21);1H. The Bertz CT molecular complexity index is 397. The van der Waals surface area contributed by atoms with Crippen molar-refractivity contribution in [3.63, 3.8) is 0 Å². The molecule has 0 aromatic carbocycles. The van der Waals surface area contributed by atoms with Crippen LogP contribution in [0.3, 0.4) is 0 Å². The lowest BCUT2D eigenvalue weighted by Gasteiger charge is -2.22. The fraction of sp³-hybridized carbons (Fsp3) is 0.944. The molecule has 6 nitrogen and oxygen atoms in total. The number of hydrogen-bond acceptors (Lipinski definition) is 4. The van der Waals surface area contributed by atoms with E-state index < -0.39 is 0 Å². The molecule has 25 heavy (non-hydrogen) atoms. The highest BCUT2D eigenvalue weighted by Gasteiger charge is 2.33. The summed E-state index contributed by atoms with van der Waals surface area (Å²) in [6.07, 6.45) is 8.01. The molecule has 3 aliphatic rings. The van der Waals surface area contributed by atoms with Crippen molar-refractivity contribution in [3.8, 4) is 0 Å². The van der Waals surface area contributed by atoms with Crippen molar-refractivity contribution in [2.45, 2.75) is 50.7 Å². The second kappa shape index (κ2) is 11.6. The van der Waals surface area contributed by atoms with Gasteiger partial charge in [-0.1, -0.05) is 0 Å². The van der Waals surface area contributed by atoms with E-state index >= 15 is 0 Å². The number of ether oxygens (including phenoxy) is 2. The molecule has 0 aromatic heterocycles. The van der Waals surface area contributed by atoms with Gasteiger partial charge in [0.25, 0.3) is 0 Å². The third kappa shape index (κ3) is 8.41. The van der Waals surface area contributed by atoms with Crippen LogP contribution in [0.1, 0.15) is 38.5 Å². The number of hydrogen-bond donors (Lipinski definition) is 2. The van der Waals surface area contributed by atoms with E-state index in [4.69, 9.17) is 9.47 Å². The molecule has 1 aliphatic heterocycles. The van der Waals surface area contributed by atoms with Crippen LogP contribution in [-0.2, 0) is 9.47 Å². The van der Waals surface area contributed by atoms with Crippen molar-refractivity contribution in [1.82, 2.24) is 15.5 Å². The Morgan fingerprint density at radius 3 is 2.60 bits per heavy atom. The molecule has 1 saturated heterocycles. The fourth-order valence-electron chi connectivity index (χ4n) is 3.21. The molecule has 0 radical (unpaired) electrons. The summed E-state index contributed by atoms with van der Waals surface area (Å²) in [5.41, 5.74) is 0. The van der Waals surface area contributed by atoms with Gasteiger partial charge in [-0.3, -0.25) is 9.89 Å². The Morgan fingerprint density at radius 1 is 1.16 bits per heavy atom. The van der Waals surface area contributed by atoms with Crippen LogP contribution in [0.2, 0.25) is 0 Å². The van der Waals surface area contributed by atoms with Crippen molar-refractivity contribution >= 4 is 29.9 Å². The van der Waals surface area contributed by atoms with Gasteiger partial charge in [0, 0.05) is 52.5 Å². The highest BCUT2D eigenvalue weighted by Crippen LogP contribution is 2.34. The number of guanidine groups is 1. The molecular weight excluding hydrogens is 431 g/mol. The molecule has 1 heterocycles. The van der Waals surface area contributed by atoms with E-state index in [1.165, 1.54) is 32.2 Å². The lowest BCUT2D eigenvalue weighted by Crippen LogP contribution is -2.43. The van der Waals surface area contributed by atoms with Gasteiger partial charge in [0.15, 0.2) is 5.96 Å². The molecule has 1 atom stereocenters. The van der Waals surface area contributed by atoms with E-state index in [1.54, 1.807) is 0 Å². The number of halogens is 1. The summed E-state index contributed by atoms with van der Waals surface area (Å²) >= 11 is 0. The Balaban J connectivity index is 0.00000225. The largest absolute Gasteiger partial charge is 0.379 e. The first-order valence-electron chi connectivity index (χ1n) is 9.73. The molecule has 3 rings (SSSR count). The molecule has 2 saturated carbocycles. The van der Waals surface area contributed by atoms with E-state index in [9.17, 15) is 0 Å². The number of aliphatic imine (C=N–C) groups is 1. The Morgan fingerprint density at radius 2 is 1.96 bits per heavy atom. The number of nitrogens with zero attached hydrogens (tertiary/aromatic N) is 2. The molecule has 7 heteroatoms. The van der Waals surface area contributed by atoms with E-state index in [0.717, 1.165) is 70.2 Å². The van der Waals surface area contributed by atoms with Gasteiger partial charge < -0.3 is 20.1 Å². The monoisotopic (exact) mass is 466 g/mol. The van der Waals surface area contributed by atoms with E-state index in [0.29, 0.717) is 6.10 Å². The molecule has 0 bridgehead atoms. The van der Waals surface area contributed by atoms with Crippen molar-refractivity contribution in [2.24, 2.45) is 10.9 Å². The molecule has 1 unspecified atom stereocenters. The summed E-state index contributed by atoms with van der Waals surface area (Å²) in [7, 11) is 1.84.